The SMILES string of the molecule is COc1ccc(F)c(C(CN)C(=O)O)c1O. The number of methoxy groups -OCH3 is 1. The summed E-state index contributed by atoms with van der Waals surface area (Å²) in [5.41, 5.74) is 4.88. The zero-order chi connectivity index (χ0) is 12.3. The molecule has 4 N–H and O–H groups in total. The second kappa shape index (κ2) is 4.80. The molecule has 1 aromatic rings. The third kappa shape index (κ3) is 2.06. The van der Waals surface area contributed by atoms with Gasteiger partial charge in [-0.1, -0.05) is 0 Å². The number of carboxylic acids is 1. The molecule has 0 aromatic heterocycles. The number of hydrogen-bond acceptors (Lipinski definition) is 4. The molecule has 0 fully saturated rings. The van der Waals surface area contributed by atoms with Crippen LogP contribution in [-0.4, -0.2) is 29.8 Å². The van der Waals surface area contributed by atoms with Crippen molar-refractivity contribution in [3.63, 3.8) is 0 Å². The van der Waals surface area contributed by atoms with Crippen molar-refractivity contribution in [1.29, 1.82) is 0 Å². The van der Waals surface area contributed by atoms with E-state index in [-0.39, 0.29) is 17.9 Å². The number of rotatable bonds is 4. The van der Waals surface area contributed by atoms with Crippen molar-refractivity contribution in [3.05, 3.63) is 23.5 Å². The average Bonchev–Trinajstić information content (AvgIpc) is 2.23. The minimum Gasteiger partial charge on any atom is -0.504 e. The van der Waals surface area contributed by atoms with Crippen molar-refractivity contribution in [3.8, 4) is 11.5 Å². The molecule has 0 radical (unpaired) electrons. The third-order valence-corrected chi connectivity index (χ3v) is 2.23. The Morgan fingerprint density at radius 1 is 1.62 bits per heavy atom. The van der Waals surface area contributed by atoms with Gasteiger partial charge < -0.3 is 20.7 Å². The van der Waals surface area contributed by atoms with E-state index in [2.05, 4.69) is 0 Å². The summed E-state index contributed by atoms with van der Waals surface area (Å²) in [5, 5.41) is 18.5. The Kier molecular flexibility index (Phi) is 3.68. The van der Waals surface area contributed by atoms with Gasteiger partial charge in [0.05, 0.1) is 7.11 Å². The second-order valence-electron chi connectivity index (χ2n) is 3.14. The van der Waals surface area contributed by atoms with Crippen molar-refractivity contribution in [2.75, 3.05) is 13.7 Å². The van der Waals surface area contributed by atoms with Crippen LogP contribution in [0.5, 0.6) is 11.5 Å². The van der Waals surface area contributed by atoms with Crippen LogP contribution in [0.1, 0.15) is 11.5 Å². The van der Waals surface area contributed by atoms with Crippen molar-refractivity contribution in [2.45, 2.75) is 5.92 Å². The van der Waals surface area contributed by atoms with E-state index in [0.29, 0.717) is 0 Å². The monoisotopic (exact) mass is 229 g/mol. The predicted octanol–water partition coefficient (Wildman–Crippen LogP) is 0.667. The molecule has 16 heavy (non-hydrogen) atoms. The van der Waals surface area contributed by atoms with Crippen molar-refractivity contribution in [1.82, 2.24) is 0 Å². The molecule has 0 bridgehead atoms. The number of phenolic OH excluding ortho intramolecular Hbond substituents is 1. The van der Waals surface area contributed by atoms with Gasteiger partial charge in [0, 0.05) is 12.1 Å². The van der Waals surface area contributed by atoms with Crippen LogP contribution in [-0.2, 0) is 4.79 Å². The maximum absolute atomic E-state index is 13.4. The standard InChI is InChI=1S/C10H12FNO4/c1-16-7-3-2-6(11)8(9(7)13)5(4-12)10(14)15/h2-3,5,13H,4,12H2,1H3,(H,14,15). The number of halogens is 1. The second-order valence-corrected chi connectivity index (χ2v) is 3.14. The van der Waals surface area contributed by atoms with Crippen LogP contribution in [0.15, 0.2) is 12.1 Å². The van der Waals surface area contributed by atoms with Crippen LogP contribution in [0, 0.1) is 5.82 Å². The lowest BCUT2D eigenvalue weighted by atomic mass is 9.97. The first-order chi connectivity index (χ1) is 7.52. The molecule has 0 aliphatic carbocycles. The Bertz CT molecular complexity index is 408. The third-order valence-electron chi connectivity index (χ3n) is 2.23. The first kappa shape index (κ1) is 12.3. The van der Waals surface area contributed by atoms with Gasteiger partial charge in [-0.25, -0.2) is 4.39 Å². The molecule has 1 unspecified atom stereocenters. The number of carboxylic acid groups (broad SMARTS) is 1. The Hall–Kier alpha value is -1.82. The van der Waals surface area contributed by atoms with Gasteiger partial charge in [-0.2, -0.15) is 0 Å². The first-order valence-corrected chi connectivity index (χ1v) is 4.51. The molecule has 0 aliphatic heterocycles. The molecule has 1 rings (SSSR count). The molecule has 6 heteroatoms. The van der Waals surface area contributed by atoms with Gasteiger partial charge >= 0.3 is 5.97 Å². The van der Waals surface area contributed by atoms with E-state index in [1.807, 2.05) is 0 Å². The van der Waals surface area contributed by atoms with Gasteiger partial charge in [0.25, 0.3) is 0 Å². The maximum atomic E-state index is 13.4. The lowest BCUT2D eigenvalue weighted by Crippen LogP contribution is -2.22. The first-order valence-electron chi connectivity index (χ1n) is 4.51. The fraction of sp³-hybridized carbons (Fsp3) is 0.300. The van der Waals surface area contributed by atoms with Crippen LogP contribution in [0.3, 0.4) is 0 Å². The Morgan fingerprint density at radius 2 is 2.25 bits per heavy atom. The van der Waals surface area contributed by atoms with Crippen molar-refractivity contribution < 1.29 is 24.1 Å². The fourth-order valence-corrected chi connectivity index (χ4v) is 1.40. The van der Waals surface area contributed by atoms with Crippen LogP contribution in [0.4, 0.5) is 4.39 Å². The molecule has 0 saturated heterocycles. The summed E-state index contributed by atoms with van der Waals surface area (Å²) in [5.74, 6) is -3.94. The Morgan fingerprint density at radius 3 is 2.69 bits per heavy atom. The molecule has 5 nitrogen and oxygen atoms in total. The van der Waals surface area contributed by atoms with Gasteiger partial charge in [-0.15, -0.1) is 0 Å². The molecule has 0 aliphatic rings. The molecule has 0 saturated carbocycles. The summed E-state index contributed by atoms with van der Waals surface area (Å²) in [6.07, 6.45) is 0. The lowest BCUT2D eigenvalue weighted by Gasteiger charge is -2.14. The number of aliphatic carboxylic acids is 1. The summed E-state index contributed by atoms with van der Waals surface area (Å²) < 4.78 is 18.2. The number of phenols is 1. The number of benzene rings is 1. The number of carbonyl (C=O) groups is 1. The van der Waals surface area contributed by atoms with E-state index in [1.165, 1.54) is 13.2 Å². The molecule has 1 atom stereocenters. The highest BCUT2D eigenvalue weighted by Gasteiger charge is 2.27. The van der Waals surface area contributed by atoms with Crippen molar-refractivity contribution in [2.24, 2.45) is 5.73 Å². The van der Waals surface area contributed by atoms with Crippen molar-refractivity contribution >= 4 is 5.97 Å². The normalized spacial score (nSPS) is 12.2. The van der Waals surface area contributed by atoms with Crippen LogP contribution >= 0.6 is 0 Å². The van der Waals surface area contributed by atoms with Gasteiger partial charge in [-0.05, 0) is 12.1 Å². The Labute approximate surface area is 91.3 Å². The summed E-state index contributed by atoms with van der Waals surface area (Å²) in [6, 6.07) is 2.24. The van der Waals surface area contributed by atoms with Gasteiger partial charge in [0.1, 0.15) is 11.7 Å². The quantitative estimate of drug-likeness (QED) is 0.705. The summed E-state index contributed by atoms with van der Waals surface area (Å²) in [6.45, 7) is -0.313. The summed E-state index contributed by atoms with van der Waals surface area (Å²) in [4.78, 5) is 10.8. The summed E-state index contributed by atoms with van der Waals surface area (Å²) in [7, 11) is 1.29. The summed E-state index contributed by atoms with van der Waals surface area (Å²) >= 11 is 0. The number of nitrogens with two attached hydrogens (primary N) is 1. The van der Waals surface area contributed by atoms with E-state index >= 15 is 0 Å². The minimum atomic E-state index is -1.30. The number of aromatic hydroxyl groups is 1. The Balaban J connectivity index is 3.35. The van der Waals surface area contributed by atoms with Gasteiger partial charge in [-0.3, -0.25) is 4.79 Å². The maximum Gasteiger partial charge on any atom is 0.312 e. The highest BCUT2D eigenvalue weighted by Crippen LogP contribution is 2.36. The molecule has 1 aromatic carbocycles. The minimum absolute atomic E-state index is 0.0103. The van der Waals surface area contributed by atoms with E-state index in [4.69, 9.17) is 15.6 Å². The van der Waals surface area contributed by atoms with Gasteiger partial charge in [0.15, 0.2) is 11.5 Å². The predicted molar refractivity (Wildman–Crippen MR) is 54.0 cm³/mol. The van der Waals surface area contributed by atoms with E-state index in [9.17, 15) is 14.3 Å². The molecule has 0 spiro atoms. The fourth-order valence-electron chi connectivity index (χ4n) is 1.40. The molecular weight excluding hydrogens is 217 g/mol. The zero-order valence-corrected chi connectivity index (χ0v) is 8.61. The van der Waals surface area contributed by atoms with E-state index < -0.39 is 23.5 Å². The molecule has 0 amide bonds. The molecule has 0 heterocycles. The number of ether oxygens (including phenoxy) is 1. The number of hydrogen-bond donors (Lipinski definition) is 3. The van der Waals surface area contributed by atoms with Gasteiger partial charge in [0.2, 0.25) is 0 Å². The smallest absolute Gasteiger partial charge is 0.312 e. The highest BCUT2D eigenvalue weighted by atomic mass is 19.1. The largest absolute Gasteiger partial charge is 0.504 e. The van der Waals surface area contributed by atoms with Crippen LogP contribution in [0.2, 0.25) is 0 Å². The van der Waals surface area contributed by atoms with E-state index in [0.717, 1.165) is 6.07 Å². The average molecular weight is 229 g/mol. The van der Waals surface area contributed by atoms with Crippen LogP contribution < -0.4 is 10.5 Å². The zero-order valence-electron chi connectivity index (χ0n) is 8.61. The molecular formula is C10H12FNO4. The van der Waals surface area contributed by atoms with E-state index in [1.54, 1.807) is 0 Å². The van der Waals surface area contributed by atoms with Crippen LogP contribution in [0.25, 0.3) is 0 Å². The highest BCUT2D eigenvalue weighted by molar-refractivity contribution is 5.78. The topological polar surface area (TPSA) is 92.8 Å². The molecule has 88 valence electrons. The lowest BCUT2D eigenvalue weighted by molar-refractivity contribution is -0.138.